The molecule has 0 atom stereocenters. The first-order valence-electron chi connectivity index (χ1n) is 6.25. The lowest BCUT2D eigenvalue weighted by atomic mass is 10.3. The summed E-state index contributed by atoms with van der Waals surface area (Å²) in [6.45, 7) is 4.71. The van der Waals surface area contributed by atoms with Crippen LogP contribution in [0.25, 0.3) is 0 Å². The highest BCUT2D eigenvalue weighted by atomic mass is 16.2. The van der Waals surface area contributed by atoms with Crippen LogP contribution in [0.1, 0.15) is 13.8 Å². The molecular weight excluding hydrogens is 244 g/mol. The minimum atomic E-state index is -0.307. The van der Waals surface area contributed by atoms with E-state index in [2.05, 4.69) is 10.6 Å². The van der Waals surface area contributed by atoms with Gasteiger partial charge in [-0.2, -0.15) is 0 Å². The second-order valence-corrected chi connectivity index (χ2v) is 4.02. The molecule has 4 N–H and O–H groups in total. The van der Waals surface area contributed by atoms with Gasteiger partial charge in [0.2, 0.25) is 5.91 Å². The molecule has 0 aliphatic carbocycles. The summed E-state index contributed by atoms with van der Waals surface area (Å²) in [5.41, 5.74) is 6.85. The molecule has 0 bridgehead atoms. The van der Waals surface area contributed by atoms with E-state index in [1.165, 1.54) is 4.90 Å². The van der Waals surface area contributed by atoms with Crippen LogP contribution in [-0.2, 0) is 4.79 Å². The van der Waals surface area contributed by atoms with Crippen molar-refractivity contribution in [1.29, 1.82) is 0 Å². The molecule has 0 unspecified atom stereocenters. The van der Waals surface area contributed by atoms with Crippen LogP contribution in [0.15, 0.2) is 24.3 Å². The standard InChI is InChI=1S/C13H20N4O2/c1-3-15-12(18)9-17(4-2)13(19)16-11-7-5-10(14)6-8-11/h5-8H,3-4,9,14H2,1-2H3,(H,15,18)(H,16,19). The molecule has 0 aliphatic rings. The summed E-state index contributed by atoms with van der Waals surface area (Å²) >= 11 is 0. The molecule has 0 fully saturated rings. The summed E-state index contributed by atoms with van der Waals surface area (Å²) in [6.07, 6.45) is 0. The van der Waals surface area contributed by atoms with Crippen molar-refractivity contribution in [2.24, 2.45) is 0 Å². The normalized spacial score (nSPS) is 9.79. The van der Waals surface area contributed by atoms with E-state index in [0.717, 1.165) is 0 Å². The van der Waals surface area contributed by atoms with Crippen LogP contribution >= 0.6 is 0 Å². The highest BCUT2D eigenvalue weighted by molar-refractivity contribution is 5.92. The van der Waals surface area contributed by atoms with Crippen LogP contribution in [0.3, 0.4) is 0 Å². The van der Waals surface area contributed by atoms with Gasteiger partial charge in [0.05, 0.1) is 0 Å². The van der Waals surface area contributed by atoms with Crippen LogP contribution in [0.4, 0.5) is 16.2 Å². The summed E-state index contributed by atoms with van der Waals surface area (Å²) in [5, 5.41) is 5.38. The number of carbonyl (C=O) groups excluding carboxylic acids is 2. The molecule has 6 heteroatoms. The molecule has 19 heavy (non-hydrogen) atoms. The van der Waals surface area contributed by atoms with Gasteiger partial charge in [-0.05, 0) is 38.1 Å². The zero-order chi connectivity index (χ0) is 14.3. The SMILES string of the molecule is CCNC(=O)CN(CC)C(=O)Nc1ccc(N)cc1. The number of hydrogen-bond donors (Lipinski definition) is 3. The Morgan fingerprint density at radius 3 is 2.37 bits per heavy atom. The molecule has 0 saturated heterocycles. The molecule has 0 aromatic heterocycles. The maximum absolute atomic E-state index is 12.0. The van der Waals surface area contributed by atoms with Crippen molar-refractivity contribution >= 4 is 23.3 Å². The van der Waals surface area contributed by atoms with E-state index in [9.17, 15) is 9.59 Å². The number of nitrogens with two attached hydrogens (primary N) is 1. The topological polar surface area (TPSA) is 87.5 Å². The predicted octanol–water partition coefficient (Wildman–Crippen LogP) is 1.26. The minimum Gasteiger partial charge on any atom is -0.399 e. The Balaban J connectivity index is 2.58. The summed E-state index contributed by atoms with van der Waals surface area (Å²) < 4.78 is 0. The molecule has 0 aliphatic heterocycles. The number of benzene rings is 1. The molecule has 0 radical (unpaired) electrons. The van der Waals surface area contributed by atoms with Crippen molar-refractivity contribution in [2.75, 3.05) is 30.7 Å². The van der Waals surface area contributed by atoms with Gasteiger partial charge in [-0.1, -0.05) is 0 Å². The monoisotopic (exact) mass is 264 g/mol. The first-order chi connectivity index (χ1) is 9.06. The molecular formula is C13H20N4O2. The second kappa shape index (κ2) is 7.25. The van der Waals surface area contributed by atoms with E-state index in [0.29, 0.717) is 24.5 Å². The van der Waals surface area contributed by atoms with Crippen LogP contribution in [0, 0.1) is 0 Å². The van der Waals surface area contributed by atoms with Gasteiger partial charge in [0, 0.05) is 24.5 Å². The van der Waals surface area contributed by atoms with Gasteiger partial charge >= 0.3 is 6.03 Å². The summed E-state index contributed by atoms with van der Waals surface area (Å²) in [4.78, 5) is 24.9. The Hall–Kier alpha value is -2.24. The van der Waals surface area contributed by atoms with E-state index in [-0.39, 0.29) is 18.5 Å². The van der Waals surface area contributed by atoms with E-state index >= 15 is 0 Å². The average Bonchev–Trinajstić information content (AvgIpc) is 2.39. The lowest BCUT2D eigenvalue weighted by Crippen LogP contribution is -2.42. The number of nitrogens with zero attached hydrogens (tertiary/aromatic N) is 1. The van der Waals surface area contributed by atoms with Crippen molar-refractivity contribution in [3.05, 3.63) is 24.3 Å². The van der Waals surface area contributed by atoms with Crippen molar-refractivity contribution < 1.29 is 9.59 Å². The lowest BCUT2D eigenvalue weighted by Gasteiger charge is -2.20. The fraction of sp³-hybridized carbons (Fsp3) is 0.385. The quantitative estimate of drug-likeness (QED) is 0.700. The van der Waals surface area contributed by atoms with Gasteiger partial charge in [-0.3, -0.25) is 4.79 Å². The summed E-state index contributed by atoms with van der Waals surface area (Å²) in [7, 11) is 0. The molecule has 0 saturated carbocycles. The minimum absolute atomic E-state index is 0.0468. The third-order valence-corrected chi connectivity index (χ3v) is 2.54. The number of nitrogen functional groups attached to an aromatic ring is 1. The molecule has 0 heterocycles. The smallest absolute Gasteiger partial charge is 0.322 e. The Morgan fingerprint density at radius 2 is 1.84 bits per heavy atom. The van der Waals surface area contributed by atoms with Crippen molar-refractivity contribution in [3.8, 4) is 0 Å². The molecule has 1 rings (SSSR count). The number of anilines is 2. The van der Waals surface area contributed by atoms with Gasteiger partial charge < -0.3 is 21.3 Å². The number of amides is 3. The maximum atomic E-state index is 12.0. The Morgan fingerprint density at radius 1 is 1.21 bits per heavy atom. The third-order valence-electron chi connectivity index (χ3n) is 2.54. The number of hydrogen-bond acceptors (Lipinski definition) is 3. The van der Waals surface area contributed by atoms with Crippen LogP contribution in [0.2, 0.25) is 0 Å². The molecule has 6 nitrogen and oxygen atoms in total. The summed E-state index contributed by atoms with van der Waals surface area (Å²) in [5.74, 6) is -0.170. The lowest BCUT2D eigenvalue weighted by molar-refractivity contribution is -0.121. The predicted molar refractivity (Wildman–Crippen MR) is 75.8 cm³/mol. The highest BCUT2D eigenvalue weighted by Gasteiger charge is 2.14. The Bertz CT molecular complexity index is 431. The van der Waals surface area contributed by atoms with Crippen molar-refractivity contribution in [2.45, 2.75) is 13.8 Å². The number of rotatable bonds is 5. The molecule has 3 amide bonds. The van der Waals surface area contributed by atoms with Gasteiger partial charge in [-0.25, -0.2) is 4.79 Å². The second-order valence-electron chi connectivity index (χ2n) is 4.02. The molecule has 104 valence electrons. The maximum Gasteiger partial charge on any atom is 0.322 e. The van der Waals surface area contributed by atoms with Crippen LogP contribution in [0.5, 0.6) is 0 Å². The van der Waals surface area contributed by atoms with Crippen LogP contribution in [-0.4, -0.2) is 36.5 Å². The van der Waals surface area contributed by atoms with E-state index in [4.69, 9.17) is 5.73 Å². The Labute approximate surface area is 113 Å². The largest absolute Gasteiger partial charge is 0.399 e. The van der Waals surface area contributed by atoms with E-state index in [1.807, 2.05) is 13.8 Å². The Kier molecular flexibility index (Phi) is 5.66. The summed E-state index contributed by atoms with van der Waals surface area (Å²) in [6, 6.07) is 6.53. The first-order valence-corrected chi connectivity index (χ1v) is 6.25. The number of carbonyl (C=O) groups is 2. The zero-order valence-corrected chi connectivity index (χ0v) is 11.3. The van der Waals surface area contributed by atoms with E-state index < -0.39 is 0 Å². The fourth-order valence-electron chi connectivity index (χ4n) is 1.52. The van der Waals surface area contributed by atoms with Crippen molar-refractivity contribution in [3.63, 3.8) is 0 Å². The van der Waals surface area contributed by atoms with Gasteiger partial charge in [0.25, 0.3) is 0 Å². The molecule has 1 aromatic carbocycles. The van der Waals surface area contributed by atoms with Gasteiger partial charge in [0.1, 0.15) is 6.54 Å². The van der Waals surface area contributed by atoms with Gasteiger partial charge in [-0.15, -0.1) is 0 Å². The fourth-order valence-corrected chi connectivity index (χ4v) is 1.52. The molecule has 1 aromatic rings. The molecule has 0 spiro atoms. The van der Waals surface area contributed by atoms with Crippen molar-refractivity contribution in [1.82, 2.24) is 10.2 Å². The number of nitrogens with one attached hydrogen (secondary N) is 2. The van der Waals surface area contributed by atoms with Crippen LogP contribution < -0.4 is 16.4 Å². The number of likely N-dealkylation sites (N-methyl/N-ethyl adjacent to an activating group) is 2. The highest BCUT2D eigenvalue weighted by Crippen LogP contribution is 2.11. The van der Waals surface area contributed by atoms with Gasteiger partial charge in [0.15, 0.2) is 0 Å². The zero-order valence-electron chi connectivity index (χ0n) is 11.3. The van der Waals surface area contributed by atoms with E-state index in [1.54, 1.807) is 24.3 Å². The average molecular weight is 264 g/mol. The number of urea groups is 1. The first kappa shape index (κ1) is 14.8. The third kappa shape index (κ3) is 4.87.